The minimum absolute atomic E-state index is 0. The highest BCUT2D eigenvalue weighted by molar-refractivity contribution is 9.10. The first-order valence-electron chi connectivity index (χ1n) is 8.38. The van der Waals surface area contributed by atoms with Gasteiger partial charge in [-0.1, -0.05) is 40.9 Å². The zero-order chi connectivity index (χ0) is 15.6. The Kier molecular flexibility index (Phi) is 6.52. The Morgan fingerprint density at radius 2 is 1.91 bits per heavy atom. The van der Waals surface area contributed by atoms with Crippen LogP contribution in [0.5, 0.6) is 0 Å². The summed E-state index contributed by atoms with van der Waals surface area (Å²) in [5.41, 5.74) is 7.50. The third kappa shape index (κ3) is 4.28. The van der Waals surface area contributed by atoms with Gasteiger partial charge in [0, 0.05) is 28.4 Å². The number of nitrogens with one attached hydrogen (secondary N) is 1. The lowest BCUT2D eigenvalue weighted by Gasteiger charge is -2.43. The molecule has 2 saturated carbocycles. The van der Waals surface area contributed by atoms with Crippen LogP contribution in [0.1, 0.15) is 50.5 Å². The molecule has 3 rings (SSSR count). The molecule has 23 heavy (non-hydrogen) atoms. The summed E-state index contributed by atoms with van der Waals surface area (Å²) in [5, 5.41) is 3.22. The van der Waals surface area contributed by atoms with E-state index < -0.39 is 0 Å². The van der Waals surface area contributed by atoms with Crippen LogP contribution in [0.2, 0.25) is 0 Å². The lowest BCUT2D eigenvalue weighted by Crippen LogP contribution is -2.47. The summed E-state index contributed by atoms with van der Waals surface area (Å²) in [6.07, 6.45) is 7.56. The molecule has 2 fully saturated rings. The van der Waals surface area contributed by atoms with E-state index in [2.05, 4.69) is 45.5 Å². The van der Waals surface area contributed by atoms with Crippen LogP contribution in [-0.2, 0) is 10.2 Å². The molecule has 2 aliphatic rings. The summed E-state index contributed by atoms with van der Waals surface area (Å²) < 4.78 is 1.10. The SMILES string of the molecule is Cl.NC1CCCC(C(=O)NCC2(c3ccc(Br)cc3)CCC2)C1. The van der Waals surface area contributed by atoms with E-state index in [0.29, 0.717) is 0 Å². The molecular formula is C18H26BrClN2O. The minimum Gasteiger partial charge on any atom is -0.355 e. The van der Waals surface area contributed by atoms with E-state index in [1.54, 1.807) is 0 Å². The molecule has 2 atom stereocenters. The molecule has 0 aromatic heterocycles. The fraction of sp³-hybridized carbons (Fsp3) is 0.611. The van der Waals surface area contributed by atoms with Gasteiger partial charge in [0.05, 0.1) is 0 Å². The van der Waals surface area contributed by atoms with Gasteiger partial charge in [-0.2, -0.15) is 0 Å². The molecule has 3 nitrogen and oxygen atoms in total. The first-order chi connectivity index (χ1) is 10.6. The number of benzene rings is 1. The fourth-order valence-corrected chi connectivity index (χ4v) is 4.11. The van der Waals surface area contributed by atoms with Crippen molar-refractivity contribution in [2.24, 2.45) is 11.7 Å². The van der Waals surface area contributed by atoms with Gasteiger partial charge in [-0.3, -0.25) is 4.79 Å². The van der Waals surface area contributed by atoms with E-state index in [4.69, 9.17) is 5.73 Å². The molecule has 0 heterocycles. The third-order valence-electron chi connectivity index (χ3n) is 5.45. The number of nitrogens with two attached hydrogens (primary N) is 1. The van der Waals surface area contributed by atoms with Crippen LogP contribution in [-0.4, -0.2) is 18.5 Å². The van der Waals surface area contributed by atoms with Crippen LogP contribution in [0.4, 0.5) is 0 Å². The van der Waals surface area contributed by atoms with E-state index in [0.717, 1.165) is 36.7 Å². The van der Waals surface area contributed by atoms with Gasteiger partial charge in [-0.05, 0) is 49.8 Å². The Labute approximate surface area is 153 Å². The van der Waals surface area contributed by atoms with Crippen LogP contribution < -0.4 is 11.1 Å². The topological polar surface area (TPSA) is 55.1 Å². The van der Waals surface area contributed by atoms with Gasteiger partial charge in [-0.25, -0.2) is 0 Å². The maximum absolute atomic E-state index is 12.4. The number of carbonyl (C=O) groups excluding carboxylic acids is 1. The molecule has 1 aromatic carbocycles. The van der Waals surface area contributed by atoms with Crippen molar-refractivity contribution in [2.45, 2.75) is 56.4 Å². The molecule has 0 spiro atoms. The standard InChI is InChI=1S/C18H25BrN2O.ClH/c19-15-7-5-14(6-8-15)18(9-2-10-18)12-21-17(22)13-3-1-4-16(20)11-13;/h5-8,13,16H,1-4,9-12,20H2,(H,21,22);1H. The van der Waals surface area contributed by atoms with Crippen LogP contribution in [0.3, 0.4) is 0 Å². The Bertz CT molecular complexity index is 530. The first kappa shape index (κ1) is 18.8. The van der Waals surface area contributed by atoms with Crippen LogP contribution >= 0.6 is 28.3 Å². The number of hydrogen-bond acceptors (Lipinski definition) is 2. The van der Waals surface area contributed by atoms with E-state index in [9.17, 15) is 4.79 Å². The molecule has 1 aromatic rings. The summed E-state index contributed by atoms with van der Waals surface area (Å²) >= 11 is 3.49. The first-order valence-corrected chi connectivity index (χ1v) is 9.18. The van der Waals surface area contributed by atoms with Crippen molar-refractivity contribution in [1.82, 2.24) is 5.32 Å². The Hall–Kier alpha value is -0.580. The lowest BCUT2D eigenvalue weighted by atomic mass is 9.64. The molecule has 1 amide bonds. The van der Waals surface area contributed by atoms with Gasteiger partial charge >= 0.3 is 0 Å². The predicted octanol–water partition coefficient (Wildman–Crippen LogP) is 3.93. The van der Waals surface area contributed by atoms with Crippen molar-refractivity contribution in [3.63, 3.8) is 0 Å². The zero-order valence-electron chi connectivity index (χ0n) is 13.4. The van der Waals surface area contributed by atoms with Crippen molar-refractivity contribution in [1.29, 1.82) is 0 Å². The molecule has 0 radical (unpaired) electrons. The van der Waals surface area contributed by atoms with Gasteiger partial charge in [0.15, 0.2) is 0 Å². The normalized spacial score (nSPS) is 25.8. The summed E-state index contributed by atoms with van der Waals surface area (Å²) in [6.45, 7) is 0.763. The predicted molar refractivity (Wildman–Crippen MR) is 99.9 cm³/mol. The second-order valence-electron chi connectivity index (χ2n) is 6.98. The largest absolute Gasteiger partial charge is 0.355 e. The van der Waals surface area contributed by atoms with Gasteiger partial charge < -0.3 is 11.1 Å². The molecular weight excluding hydrogens is 376 g/mol. The van der Waals surface area contributed by atoms with Crippen LogP contribution in [0, 0.1) is 5.92 Å². The number of halogens is 2. The van der Waals surface area contributed by atoms with Gasteiger partial charge in [0.1, 0.15) is 0 Å². The smallest absolute Gasteiger partial charge is 0.223 e. The molecule has 5 heteroatoms. The summed E-state index contributed by atoms with van der Waals surface area (Å²) in [6, 6.07) is 8.76. The van der Waals surface area contributed by atoms with Crippen molar-refractivity contribution < 1.29 is 4.79 Å². The van der Waals surface area contributed by atoms with E-state index >= 15 is 0 Å². The maximum Gasteiger partial charge on any atom is 0.223 e. The maximum atomic E-state index is 12.4. The Morgan fingerprint density at radius 1 is 1.22 bits per heavy atom. The summed E-state index contributed by atoms with van der Waals surface area (Å²) in [5.74, 6) is 0.323. The van der Waals surface area contributed by atoms with Gasteiger partial charge in [0.2, 0.25) is 5.91 Å². The van der Waals surface area contributed by atoms with E-state index in [-0.39, 0.29) is 35.7 Å². The summed E-state index contributed by atoms with van der Waals surface area (Å²) in [7, 11) is 0. The molecule has 3 N–H and O–H groups in total. The lowest BCUT2D eigenvalue weighted by molar-refractivity contribution is -0.126. The second kappa shape index (κ2) is 8.00. The van der Waals surface area contributed by atoms with Gasteiger partial charge in [-0.15, -0.1) is 12.4 Å². The third-order valence-corrected chi connectivity index (χ3v) is 5.98. The zero-order valence-corrected chi connectivity index (χ0v) is 15.8. The number of amides is 1. The molecule has 128 valence electrons. The molecule has 0 saturated heterocycles. The molecule has 0 aliphatic heterocycles. The number of hydrogen-bond donors (Lipinski definition) is 2. The average Bonchev–Trinajstić information content (AvgIpc) is 2.47. The van der Waals surface area contributed by atoms with Crippen molar-refractivity contribution in [3.05, 3.63) is 34.3 Å². The highest BCUT2D eigenvalue weighted by atomic mass is 79.9. The molecule has 2 unspecified atom stereocenters. The summed E-state index contributed by atoms with van der Waals surface area (Å²) in [4.78, 5) is 12.4. The molecule has 0 bridgehead atoms. The minimum atomic E-state index is 0. The monoisotopic (exact) mass is 400 g/mol. The van der Waals surface area contributed by atoms with E-state index in [1.807, 2.05) is 0 Å². The fourth-order valence-electron chi connectivity index (χ4n) is 3.84. The van der Waals surface area contributed by atoms with Crippen molar-refractivity contribution in [2.75, 3.05) is 6.54 Å². The Morgan fingerprint density at radius 3 is 2.48 bits per heavy atom. The highest BCUT2D eigenvalue weighted by Crippen LogP contribution is 2.43. The quantitative estimate of drug-likeness (QED) is 0.803. The number of rotatable bonds is 4. The molecule has 2 aliphatic carbocycles. The second-order valence-corrected chi connectivity index (χ2v) is 7.90. The van der Waals surface area contributed by atoms with Crippen LogP contribution in [0.15, 0.2) is 28.7 Å². The van der Waals surface area contributed by atoms with Crippen molar-refractivity contribution >= 4 is 34.2 Å². The number of carbonyl (C=O) groups is 1. The van der Waals surface area contributed by atoms with Crippen LogP contribution in [0.25, 0.3) is 0 Å². The van der Waals surface area contributed by atoms with Crippen molar-refractivity contribution in [3.8, 4) is 0 Å². The van der Waals surface area contributed by atoms with Gasteiger partial charge in [0.25, 0.3) is 0 Å². The Balaban J connectivity index is 0.00000192. The highest BCUT2D eigenvalue weighted by Gasteiger charge is 2.39. The van der Waals surface area contributed by atoms with E-state index in [1.165, 1.54) is 24.8 Å². The average molecular weight is 402 g/mol.